The number of fused-ring (bicyclic) bond motifs is 1. The first-order valence-corrected chi connectivity index (χ1v) is 6.35. The van der Waals surface area contributed by atoms with Gasteiger partial charge in [0.2, 0.25) is 6.79 Å². The molecule has 1 aliphatic rings. The monoisotopic (exact) mass is 263 g/mol. The number of aryl methyl sites for hydroxylation is 1. The zero-order valence-corrected chi connectivity index (χ0v) is 11.1. The van der Waals surface area contributed by atoms with Crippen molar-refractivity contribution in [3.05, 3.63) is 59.2 Å². The van der Waals surface area contributed by atoms with Crippen LogP contribution in [0.5, 0.6) is 11.5 Å². The molecular weight excluding hydrogens is 250 g/mol. The Morgan fingerprint density at radius 2 is 2.00 bits per heavy atom. The van der Waals surface area contributed by atoms with Crippen LogP contribution in [0.4, 0.5) is 0 Å². The lowest BCUT2D eigenvalue weighted by Crippen LogP contribution is -1.92. The summed E-state index contributed by atoms with van der Waals surface area (Å²) in [5, 5.41) is 9.35. The number of nitrogens with zero attached hydrogens (tertiary/aromatic N) is 1. The van der Waals surface area contributed by atoms with Crippen LogP contribution in [-0.4, -0.2) is 6.79 Å². The standard InChI is InChI=1S/C17H13NO2/c1-12-3-2-4-14(7-12)15(10-18)8-13-5-6-16-17(9-13)20-11-19-16/h2-9H,11H2,1H3/b15-8+. The first-order chi connectivity index (χ1) is 9.76. The van der Waals surface area contributed by atoms with Gasteiger partial charge in [-0.15, -0.1) is 0 Å². The van der Waals surface area contributed by atoms with Crippen molar-refractivity contribution >= 4 is 11.6 Å². The molecule has 0 radical (unpaired) electrons. The Labute approximate surface area is 117 Å². The summed E-state index contributed by atoms with van der Waals surface area (Å²) in [5.74, 6) is 1.47. The van der Waals surface area contributed by atoms with Crippen molar-refractivity contribution in [3.63, 3.8) is 0 Å². The minimum atomic E-state index is 0.255. The van der Waals surface area contributed by atoms with E-state index in [1.54, 1.807) is 0 Å². The average molecular weight is 263 g/mol. The summed E-state index contributed by atoms with van der Waals surface area (Å²) in [6.45, 7) is 2.27. The molecule has 20 heavy (non-hydrogen) atoms. The van der Waals surface area contributed by atoms with Crippen LogP contribution in [0.15, 0.2) is 42.5 Å². The van der Waals surface area contributed by atoms with Crippen molar-refractivity contribution in [3.8, 4) is 17.6 Å². The van der Waals surface area contributed by atoms with Crippen LogP contribution >= 0.6 is 0 Å². The molecule has 1 aliphatic heterocycles. The quantitative estimate of drug-likeness (QED) is 0.611. The van der Waals surface area contributed by atoms with E-state index in [9.17, 15) is 5.26 Å². The van der Waals surface area contributed by atoms with Gasteiger partial charge in [-0.25, -0.2) is 0 Å². The Balaban J connectivity index is 1.99. The molecule has 3 rings (SSSR count). The Bertz CT molecular complexity index is 726. The lowest BCUT2D eigenvalue weighted by atomic mass is 10.0. The van der Waals surface area contributed by atoms with Crippen molar-refractivity contribution in [1.29, 1.82) is 5.26 Å². The highest BCUT2D eigenvalue weighted by molar-refractivity contribution is 5.90. The molecule has 0 aliphatic carbocycles. The molecule has 3 heteroatoms. The minimum Gasteiger partial charge on any atom is -0.454 e. The Morgan fingerprint density at radius 1 is 1.15 bits per heavy atom. The van der Waals surface area contributed by atoms with E-state index in [0.29, 0.717) is 5.57 Å². The minimum absolute atomic E-state index is 0.255. The summed E-state index contributed by atoms with van der Waals surface area (Å²) >= 11 is 0. The number of rotatable bonds is 2. The Morgan fingerprint density at radius 3 is 2.80 bits per heavy atom. The molecule has 3 nitrogen and oxygen atoms in total. The molecule has 2 aromatic carbocycles. The fourth-order valence-electron chi connectivity index (χ4n) is 2.16. The zero-order valence-electron chi connectivity index (χ0n) is 11.1. The third kappa shape index (κ3) is 2.36. The normalized spacial score (nSPS) is 13.1. The molecule has 0 aromatic heterocycles. The Kier molecular flexibility index (Phi) is 3.14. The highest BCUT2D eigenvalue weighted by Crippen LogP contribution is 2.33. The zero-order chi connectivity index (χ0) is 13.9. The summed E-state index contributed by atoms with van der Waals surface area (Å²) in [7, 11) is 0. The summed E-state index contributed by atoms with van der Waals surface area (Å²) in [5.41, 5.74) is 3.61. The van der Waals surface area contributed by atoms with Crippen molar-refractivity contribution < 1.29 is 9.47 Å². The molecule has 0 saturated heterocycles. The third-order valence-corrected chi connectivity index (χ3v) is 3.16. The molecule has 0 spiro atoms. The van der Waals surface area contributed by atoms with Crippen molar-refractivity contribution in [2.75, 3.05) is 6.79 Å². The van der Waals surface area contributed by atoms with Crippen LogP contribution < -0.4 is 9.47 Å². The van der Waals surface area contributed by atoms with Crippen LogP contribution in [-0.2, 0) is 0 Å². The molecule has 0 saturated carbocycles. The maximum Gasteiger partial charge on any atom is 0.231 e. The number of ether oxygens (including phenoxy) is 2. The van der Waals surface area contributed by atoms with E-state index in [1.165, 1.54) is 0 Å². The summed E-state index contributed by atoms with van der Waals surface area (Å²) in [6, 6.07) is 15.8. The van der Waals surface area contributed by atoms with E-state index in [0.717, 1.165) is 28.2 Å². The van der Waals surface area contributed by atoms with Gasteiger partial charge in [-0.3, -0.25) is 0 Å². The summed E-state index contributed by atoms with van der Waals surface area (Å²) < 4.78 is 10.6. The van der Waals surface area contributed by atoms with Gasteiger partial charge in [0, 0.05) is 0 Å². The van der Waals surface area contributed by atoms with Gasteiger partial charge in [-0.05, 0) is 36.3 Å². The molecular formula is C17H13NO2. The van der Waals surface area contributed by atoms with E-state index in [1.807, 2.05) is 55.5 Å². The second kappa shape index (κ2) is 5.10. The molecule has 0 bridgehead atoms. The highest BCUT2D eigenvalue weighted by atomic mass is 16.7. The van der Waals surface area contributed by atoms with Crippen molar-refractivity contribution in [1.82, 2.24) is 0 Å². The van der Waals surface area contributed by atoms with E-state index in [-0.39, 0.29) is 6.79 Å². The van der Waals surface area contributed by atoms with Gasteiger partial charge >= 0.3 is 0 Å². The van der Waals surface area contributed by atoms with E-state index < -0.39 is 0 Å². The van der Waals surface area contributed by atoms with E-state index in [2.05, 4.69) is 6.07 Å². The molecule has 98 valence electrons. The van der Waals surface area contributed by atoms with Gasteiger partial charge in [-0.2, -0.15) is 5.26 Å². The molecule has 0 atom stereocenters. The summed E-state index contributed by atoms with van der Waals surface area (Å²) in [6.07, 6.45) is 1.86. The highest BCUT2D eigenvalue weighted by Gasteiger charge is 2.12. The van der Waals surface area contributed by atoms with Gasteiger partial charge in [0.05, 0.1) is 11.6 Å². The second-order valence-corrected chi connectivity index (χ2v) is 4.65. The van der Waals surface area contributed by atoms with Crippen LogP contribution in [0.2, 0.25) is 0 Å². The first-order valence-electron chi connectivity index (χ1n) is 6.35. The second-order valence-electron chi connectivity index (χ2n) is 4.65. The lowest BCUT2D eigenvalue weighted by Gasteiger charge is -2.02. The molecule has 0 N–H and O–H groups in total. The number of benzene rings is 2. The SMILES string of the molecule is Cc1cccc(/C(C#N)=C/c2ccc3c(c2)OCO3)c1. The van der Waals surface area contributed by atoms with Gasteiger partial charge in [0.25, 0.3) is 0 Å². The van der Waals surface area contributed by atoms with Gasteiger partial charge in [-0.1, -0.05) is 35.9 Å². The molecule has 2 aromatic rings. The molecule has 0 amide bonds. The van der Waals surface area contributed by atoms with Crippen molar-refractivity contribution in [2.45, 2.75) is 6.92 Å². The maximum absolute atomic E-state index is 9.35. The van der Waals surface area contributed by atoms with Crippen LogP contribution in [0.3, 0.4) is 0 Å². The van der Waals surface area contributed by atoms with E-state index in [4.69, 9.17) is 9.47 Å². The van der Waals surface area contributed by atoms with Gasteiger partial charge in [0.1, 0.15) is 0 Å². The number of allylic oxidation sites excluding steroid dienone is 1. The van der Waals surface area contributed by atoms with Crippen LogP contribution in [0, 0.1) is 18.3 Å². The van der Waals surface area contributed by atoms with Gasteiger partial charge < -0.3 is 9.47 Å². The third-order valence-electron chi connectivity index (χ3n) is 3.16. The topological polar surface area (TPSA) is 42.2 Å². The number of nitriles is 1. The predicted octanol–water partition coefficient (Wildman–Crippen LogP) is 3.79. The average Bonchev–Trinajstić information content (AvgIpc) is 2.92. The molecule has 1 heterocycles. The lowest BCUT2D eigenvalue weighted by molar-refractivity contribution is 0.174. The van der Waals surface area contributed by atoms with Crippen molar-refractivity contribution in [2.24, 2.45) is 0 Å². The van der Waals surface area contributed by atoms with E-state index >= 15 is 0 Å². The van der Waals surface area contributed by atoms with Crippen LogP contribution in [0.25, 0.3) is 11.6 Å². The Hall–Kier alpha value is -2.73. The smallest absolute Gasteiger partial charge is 0.231 e. The maximum atomic E-state index is 9.35. The summed E-state index contributed by atoms with van der Waals surface area (Å²) in [4.78, 5) is 0. The number of hydrogen-bond acceptors (Lipinski definition) is 3. The van der Waals surface area contributed by atoms with Gasteiger partial charge in [0.15, 0.2) is 11.5 Å². The number of hydrogen-bond donors (Lipinski definition) is 0. The fourth-order valence-corrected chi connectivity index (χ4v) is 2.16. The predicted molar refractivity (Wildman–Crippen MR) is 77.2 cm³/mol. The fraction of sp³-hybridized carbons (Fsp3) is 0.118. The molecule has 0 fully saturated rings. The first kappa shape index (κ1) is 12.3. The molecule has 0 unspecified atom stereocenters. The van der Waals surface area contributed by atoms with Crippen LogP contribution in [0.1, 0.15) is 16.7 Å². The largest absolute Gasteiger partial charge is 0.454 e.